The Kier molecular flexibility index (Phi) is 7.07. The zero-order valence-electron chi connectivity index (χ0n) is 16.8. The number of rotatable bonds is 6. The maximum Gasteiger partial charge on any atom is 0.233 e. The molecule has 2 aromatic rings. The second-order valence-corrected chi connectivity index (χ2v) is 8.32. The largest absolute Gasteiger partial charge is 0.342 e. The van der Waals surface area contributed by atoms with Gasteiger partial charge in [0, 0.05) is 18.8 Å². The second-order valence-electron chi connectivity index (χ2n) is 7.38. The number of thioether (sulfide) groups is 1. The van der Waals surface area contributed by atoms with Crippen LogP contribution in [0, 0.1) is 5.82 Å². The van der Waals surface area contributed by atoms with Crippen LogP contribution in [-0.4, -0.2) is 63.4 Å². The first-order valence-corrected chi connectivity index (χ1v) is 10.7. The van der Waals surface area contributed by atoms with Gasteiger partial charge < -0.3 is 4.90 Å². The van der Waals surface area contributed by atoms with Gasteiger partial charge in [-0.25, -0.2) is 4.39 Å². The summed E-state index contributed by atoms with van der Waals surface area (Å²) < 4.78 is 15.3. The van der Waals surface area contributed by atoms with E-state index >= 15 is 0 Å². The van der Waals surface area contributed by atoms with Gasteiger partial charge in [0.2, 0.25) is 5.91 Å². The molecule has 2 heterocycles. The molecule has 3 rings (SSSR count). The van der Waals surface area contributed by atoms with Crippen molar-refractivity contribution in [2.75, 3.05) is 32.9 Å². The van der Waals surface area contributed by atoms with Crippen molar-refractivity contribution in [3.05, 3.63) is 35.9 Å². The molecule has 0 aliphatic carbocycles. The van der Waals surface area contributed by atoms with Crippen molar-refractivity contribution >= 4 is 17.7 Å². The Bertz CT molecular complexity index is 784. The summed E-state index contributed by atoms with van der Waals surface area (Å²) in [4.78, 5) is 16.7. The number of carbonyl (C=O) groups is 1. The Morgan fingerprint density at radius 2 is 1.79 bits per heavy atom. The number of hydrogen-bond donors (Lipinski definition) is 0. The summed E-state index contributed by atoms with van der Waals surface area (Å²) in [5.41, 5.74) is 0.792. The SMILES string of the molecule is CC(c1nnc(SCC(=O)N2CCCCCC2)n1-c1ccc(F)cc1)N(C)C. The number of hydrogen-bond acceptors (Lipinski definition) is 5. The van der Waals surface area contributed by atoms with Crippen LogP contribution >= 0.6 is 11.8 Å². The van der Waals surface area contributed by atoms with E-state index in [9.17, 15) is 9.18 Å². The minimum Gasteiger partial charge on any atom is -0.342 e. The molecule has 1 aliphatic rings. The van der Waals surface area contributed by atoms with Crippen molar-refractivity contribution in [3.8, 4) is 5.69 Å². The molecule has 0 spiro atoms. The van der Waals surface area contributed by atoms with Crippen LogP contribution in [0.5, 0.6) is 0 Å². The van der Waals surface area contributed by atoms with Crippen LogP contribution in [0.25, 0.3) is 5.69 Å². The summed E-state index contributed by atoms with van der Waals surface area (Å²) in [6, 6.07) is 6.30. The molecule has 1 aromatic heterocycles. The molecule has 28 heavy (non-hydrogen) atoms. The fourth-order valence-electron chi connectivity index (χ4n) is 3.25. The monoisotopic (exact) mass is 405 g/mol. The minimum absolute atomic E-state index is 0.0215. The molecule has 1 aliphatic heterocycles. The molecule has 1 unspecified atom stereocenters. The predicted molar refractivity (Wildman–Crippen MR) is 109 cm³/mol. The van der Waals surface area contributed by atoms with E-state index in [0.29, 0.717) is 10.9 Å². The molecule has 1 fully saturated rings. The fraction of sp³-hybridized carbons (Fsp3) is 0.550. The van der Waals surface area contributed by atoms with Gasteiger partial charge in [-0.15, -0.1) is 10.2 Å². The predicted octanol–water partition coefficient (Wildman–Crippen LogP) is 3.52. The van der Waals surface area contributed by atoms with Crippen molar-refractivity contribution in [2.24, 2.45) is 0 Å². The Morgan fingerprint density at radius 1 is 1.14 bits per heavy atom. The van der Waals surface area contributed by atoms with Gasteiger partial charge in [0.1, 0.15) is 5.82 Å². The summed E-state index contributed by atoms with van der Waals surface area (Å²) in [6.45, 7) is 3.72. The lowest BCUT2D eigenvalue weighted by atomic mass is 10.2. The molecule has 0 saturated carbocycles. The van der Waals surface area contributed by atoms with Crippen molar-refractivity contribution in [1.29, 1.82) is 0 Å². The standard InChI is InChI=1S/C20H28FN5OS/c1-15(24(2)3)19-22-23-20(26(19)17-10-8-16(21)9-11-17)28-14-18(27)25-12-6-4-5-7-13-25/h8-11,15H,4-7,12-14H2,1-3H3. The fourth-order valence-corrected chi connectivity index (χ4v) is 4.11. The molecule has 1 aromatic carbocycles. The van der Waals surface area contributed by atoms with Crippen LogP contribution in [0.1, 0.15) is 44.5 Å². The number of amides is 1. The van der Waals surface area contributed by atoms with Gasteiger partial charge in [0.25, 0.3) is 0 Å². The lowest BCUT2D eigenvalue weighted by Gasteiger charge is -2.21. The second kappa shape index (κ2) is 9.52. The highest BCUT2D eigenvalue weighted by atomic mass is 32.2. The number of likely N-dealkylation sites (tertiary alicyclic amines) is 1. The molecule has 0 bridgehead atoms. The minimum atomic E-state index is -0.287. The normalized spacial score (nSPS) is 16.2. The summed E-state index contributed by atoms with van der Waals surface area (Å²) in [5, 5.41) is 9.36. The van der Waals surface area contributed by atoms with Gasteiger partial charge in [-0.1, -0.05) is 24.6 Å². The van der Waals surface area contributed by atoms with Gasteiger partial charge in [-0.3, -0.25) is 14.3 Å². The molecule has 8 heteroatoms. The van der Waals surface area contributed by atoms with Crippen LogP contribution in [0.15, 0.2) is 29.4 Å². The molecule has 152 valence electrons. The molecule has 0 radical (unpaired) electrons. The molecule has 6 nitrogen and oxygen atoms in total. The average Bonchev–Trinajstić information content (AvgIpc) is 2.91. The zero-order valence-corrected chi connectivity index (χ0v) is 17.6. The summed E-state index contributed by atoms with van der Waals surface area (Å²) in [6.07, 6.45) is 4.54. The third-order valence-corrected chi connectivity index (χ3v) is 6.09. The van der Waals surface area contributed by atoms with E-state index in [1.54, 1.807) is 12.1 Å². The number of halogens is 1. The van der Waals surface area contributed by atoms with Gasteiger partial charge in [-0.2, -0.15) is 0 Å². The van der Waals surface area contributed by atoms with E-state index in [0.717, 1.165) is 37.4 Å². The maximum absolute atomic E-state index is 13.4. The van der Waals surface area contributed by atoms with Crippen LogP contribution in [0.3, 0.4) is 0 Å². The topological polar surface area (TPSA) is 54.3 Å². The molecular weight excluding hydrogens is 377 g/mol. The average molecular weight is 406 g/mol. The first kappa shape index (κ1) is 20.8. The number of nitrogens with zero attached hydrogens (tertiary/aromatic N) is 5. The lowest BCUT2D eigenvalue weighted by molar-refractivity contribution is -0.128. The van der Waals surface area contributed by atoms with E-state index in [2.05, 4.69) is 10.2 Å². The summed E-state index contributed by atoms with van der Waals surface area (Å²) in [5.74, 6) is 0.948. The van der Waals surface area contributed by atoms with Crippen molar-refractivity contribution in [2.45, 2.75) is 43.8 Å². The maximum atomic E-state index is 13.4. The van der Waals surface area contributed by atoms with Crippen LogP contribution < -0.4 is 0 Å². The van der Waals surface area contributed by atoms with Gasteiger partial charge in [0.05, 0.1) is 11.8 Å². The van der Waals surface area contributed by atoms with E-state index < -0.39 is 0 Å². The van der Waals surface area contributed by atoms with Crippen LogP contribution in [0.4, 0.5) is 4.39 Å². The van der Waals surface area contributed by atoms with Crippen LogP contribution in [0.2, 0.25) is 0 Å². The Labute approximate surface area is 170 Å². The van der Waals surface area contributed by atoms with E-state index in [1.165, 1.54) is 36.7 Å². The third kappa shape index (κ3) is 4.91. The molecule has 1 amide bonds. The smallest absolute Gasteiger partial charge is 0.233 e. The van der Waals surface area contributed by atoms with E-state index in [-0.39, 0.29) is 17.8 Å². The Hall–Kier alpha value is -1.93. The zero-order chi connectivity index (χ0) is 20.1. The van der Waals surface area contributed by atoms with Crippen molar-refractivity contribution < 1.29 is 9.18 Å². The highest BCUT2D eigenvalue weighted by Crippen LogP contribution is 2.27. The van der Waals surface area contributed by atoms with Crippen molar-refractivity contribution in [1.82, 2.24) is 24.6 Å². The number of carbonyl (C=O) groups excluding carboxylic acids is 1. The Balaban J connectivity index is 1.82. The molecule has 1 atom stereocenters. The van der Waals surface area contributed by atoms with Crippen LogP contribution in [-0.2, 0) is 4.79 Å². The van der Waals surface area contributed by atoms with Gasteiger partial charge in [-0.05, 0) is 58.1 Å². The summed E-state index contributed by atoms with van der Waals surface area (Å²) >= 11 is 1.39. The quantitative estimate of drug-likeness (QED) is 0.688. The van der Waals surface area contributed by atoms with Gasteiger partial charge >= 0.3 is 0 Å². The summed E-state index contributed by atoms with van der Waals surface area (Å²) in [7, 11) is 3.95. The first-order valence-electron chi connectivity index (χ1n) is 9.75. The highest BCUT2D eigenvalue weighted by molar-refractivity contribution is 7.99. The lowest BCUT2D eigenvalue weighted by Crippen LogP contribution is -2.33. The van der Waals surface area contributed by atoms with E-state index in [1.807, 2.05) is 35.4 Å². The van der Waals surface area contributed by atoms with E-state index in [4.69, 9.17) is 0 Å². The third-order valence-electron chi connectivity index (χ3n) is 5.17. The number of benzene rings is 1. The Morgan fingerprint density at radius 3 is 2.39 bits per heavy atom. The highest BCUT2D eigenvalue weighted by Gasteiger charge is 2.23. The first-order chi connectivity index (χ1) is 13.5. The molecule has 1 saturated heterocycles. The van der Waals surface area contributed by atoms with Gasteiger partial charge in [0.15, 0.2) is 11.0 Å². The number of aromatic nitrogens is 3. The molecular formula is C20H28FN5OS. The molecule has 0 N–H and O–H groups in total. The van der Waals surface area contributed by atoms with Crippen molar-refractivity contribution in [3.63, 3.8) is 0 Å².